The van der Waals surface area contributed by atoms with Crippen LogP contribution in [0.25, 0.3) is 0 Å². The molecule has 16 heavy (non-hydrogen) atoms. The Kier molecular flexibility index (Phi) is 6.81. The SMILES string of the molecule is OCCCOCC(CO)Cc1ccccc1. The van der Waals surface area contributed by atoms with Gasteiger partial charge in [-0.15, -0.1) is 0 Å². The van der Waals surface area contributed by atoms with Crippen LogP contribution in [-0.4, -0.2) is 36.6 Å². The van der Waals surface area contributed by atoms with E-state index in [4.69, 9.17) is 9.84 Å². The third-order valence-electron chi connectivity index (χ3n) is 2.43. The maximum absolute atomic E-state index is 9.21. The third kappa shape index (κ3) is 5.26. The van der Waals surface area contributed by atoms with E-state index in [0.29, 0.717) is 19.6 Å². The van der Waals surface area contributed by atoms with Gasteiger partial charge in [-0.3, -0.25) is 0 Å². The lowest BCUT2D eigenvalue weighted by atomic mass is 10.0. The van der Waals surface area contributed by atoms with Gasteiger partial charge in [-0.05, 0) is 18.4 Å². The molecule has 1 atom stereocenters. The highest BCUT2D eigenvalue weighted by Gasteiger charge is 2.08. The van der Waals surface area contributed by atoms with Gasteiger partial charge in [0.2, 0.25) is 0 Å². The van der Waals surface area contributed by atoms with Crippen LogP contribution in [0.5, 0.6) is 0 Å². The van der Waals surface area contributed by atoms with Crippen molar-refractivity contribution in [2.45, 2.75) is 12.8 Å². The van der Waals surface area contributed by atoms with Crippen molar-refractivity contribution in [1.82, 2.24) is 0 Å². The van der Waals surface area contributed by atoms with E-state index in [1.165, 1.54) is 5.56 Å². The first kappa shape index (κ1) is 13.2. The second-order valence-corrected chi connectivity index (χ2v) is 3.89. The predicted octanol–water partition coefficient (Wildman–Crippen LogP) is 1.24. The van der Waals surface area contributed by atoms with Gasteiger partial charge in [0.05, 0.1) is 6.61 Å². The molecule has 90 valence electrons. The van der Waals surface area contributed by atoms with Crippen LogP contribution >= 0.6 is 0 Å². The van der Waals surface area contributed by atoms with Crippen LogP contribution in [0.1, 0.15) is 12.0 Å². The Balaban J connectivity index is 2.26. The van der Waals surface area contributed by atoms with Crippen molar-refractivity contribution >= 4 is 0 Å². The van der Waals surface area contributed by atoms with E-state index in [1.54, 1.807) is 0 Å². The first-order chi connectivity index (χ1) is 7.86. The summed E-state index contributed by atoms with van der Waals surface area (Å²) in [7, 11) is 0. The molecule has 0 spiro atoms. The third-order valence-corrected chi connectivity index (χ3v) is 2.43. The van der Waals surface area contributed by atoms with Gasteiger partial charge in [0.1, 0.15) is 0 Å². The van der Waals surface area contributed by atoms with Crippen molar-refractivity contribution in [1.29, 1.82) is 0 Å². The van der Waals surface area contributed by atoms with Crippen LogP contribution in [0, 0.1) is 5.92 Å². The van der Waals surface area contributed by atoms with Gasteiger partial charge in [-0.2, -0.15) is 0 Å². The molecule has 1 unspecified atom stereocenters. The molecule has 0 aromatic heterocycles. The Morgan fingerprint density at radius 2 is 1.88 bits per heavy atom. The van der Waals surface area contributed by atoms with Crippen LogP contribution < -0.4 is 0 Å². The van der Waals surface area contributed by atoms with Crippen molar-refractivity contribution in [3.05, 3.63) is 35.9 Å². The van der Waals surface area contributed by atoms with Crippen LogP contribution in [0.15, 0.2) is 30.3 Å². The number of aliphatic hydroxyl groups excluding tert-OH is 2. The average molecular weight is 224 g/mol. The van der Waals surface area contributed by atoms with Gasteiger partial charge in [0.25, 0.3) is 0 Å². The summed E-state index contributed by atoms with van der Waals surface area (Å²) in [6.07, 6.45) is 1.49. The Labute approximate surface area is 96.7 Å². The lowest BCUT2D eigenvalue weighted by Crippen LogP contribution is -2.17. The fraction of sp³-hybridized carbons (Fsp3) is 0.538. The lowest BCUT2D eigenvalue weighted by molar-refractivity contribution is 0.0645. The summed E-state index contributed by atoms with van der Waals surface area (Å²) in [5.41, 5.74) is 1.22. The van der Waals surface area contributed by atoms with Crippen LogP contribution in [0.3, 0.4) is 0 Å². The molecule has 0 radical (unpaired) electrons. The van der Waals surface area contributed by atoms with Crippen LogP contribution in [0.4, 0.5) is 0 Å². The molecule has 3 nitrogen and oxygen atoms in total. The van der Waals surface area contributed by atoms with Gasteiger partial charge in [-0.25, -0.2) is 0 Å². The van der Waals surface area contributed by atoms with Gasteiger partial charge < -0.3 is 14.9 Å². The number of hydrogen-bond donors (Lipinski definition) is 2. The molecule has 2 N–H and O–H groups in total. The molecule has 1 aromatic carbocycles. The maximum Gasteiger partial charge on any atom is 0.0519 e. The largest absolute Gasteiger partial charge is 0.396 e. The standard InChI is InChI=1S/C13H20O3/c14-7-4-8-16-11-13(10-15)9-12-5-2-1-3-6-12/h1-3,5-6,13-15H,4,7-11H2. The topological polar surface area (TPSA) is 49.7 Å². The zero-order valence-electron chi connectivity index (χ0n) is 9.51. The molecule has 0 aliphatic carbocycles. The van der Waals surface area contributed by atoms with E-state index in [-0.39, 0.29) is 19.1 Å². The molecule has 0 aliphatic heterocycles. The van der Waals surface area contributed by atoms with E-state index < -0.39 is 0 Å². The van der Waals surface area contributed by atoms with E-state index in [1.807, 2.05) is 18.2 Å². The van der Waals surface area contributed by atoms with E-state index in [0.717, 1.165) is 6.42 Å². The zero-order valence-corrected chi connectivity index (χ0v) is 9.51. The van der Waals surface area contributed by atoms with Crippen LogP contribution in [0.2, 0.25) is 0 Å². The van der Waals surface area contributed by atoms with Crippen molar-refractivity contribution in [2.75, 3.05) is 26.4 Å². The summed E-state index contributed by atoms with van der Waals surface area (Å²) in [5.74, 6) is 0.140. The summed E-state index contributed by atoms with van der Waals surface area (Å²) in [6, 6.07) is 10.1. The number of hydrogen-bond acceptors (Lipinski definition) is 3. The van der Waals surface area contributed by atoms with Crippen LogP contribution in [-0.2, 0) is 11.2 Å². The minimum Gasteiger partial charge on any atom is -0.396 e. The molecule has 0 heterocycles. The van der Waals surface area contributed by atoms with Gasteiger partial charge in [0, 0.05) is 25.7 Å². The molecule has 0 saturated carbocycles. The molecule has 0 aliphatic rings. The second kappa shape index (κ2) is 8.28. The fourth-order valence-electron chi connectivity index (χ4n) is 1.54. The second-order valence-electron chi connectivity index (χ2n) is 3.89. The Hall–Kier alpha value is -0.900. The summed E-state index contributed by atoms with van der Waals surface area (Å²) >= 11 is 0. The number of aliphatic hydroxyl groups is 2. The summed E-state index contributed by atoms with van der Waals surface area (Å²) in [4.78, 5) is 0. The van der Waals surface area contributed by atoms with Crippen molar-refractivity contribution < 1.29 is 14.9 Å². The highest BCUT2D eigenvalue weighted by molar-refractivity contribution is 5.15. The predicted molar refractivity (Wildman–Crippen MR) is 63.2 cm³/mol. The number of ether oxygens (including phenoxy) is 1. The summed E-state index contributed by atoms with van der Waals surface area (Å²) < 4.78 is 5.38. The number of benzene rings is 1. The first-order valence-electron chi connectivity index (χ1n) is 5.70. The summed E-state index contributed by atoms with van der Waals surface area (Å²) in [6.45, 7) is 1.39. The molecule has 1 aromatic rings. The molecular formula is C13H20O3. The molecular weight excluding hydrogens is 204 g/mol. The van der Waals surface area contributed by atoms with Gasteiger partial charge in [-0.1, -0.05) is 30.3 Å². The Bertz CT molecular complexity index is 261. The molecule has 1 rings (SSSR count). The molecule has 0 bridgehead atoms. The lowest BCUT2D eigenvalue weighted by Gasteiger charge is -2.14. The van der Waals surface area contributed by atoms with E-state index >= 15 is 0 Å². The smallest absolute Gasteiger partial charge is 0.0519 e. The van der Waals surface area contributed by atoms with Crippen molar-refractivity contribution in [2.24, 2.45) is 5.92 Å². The molecule has 0 amide bonds. The van der Waals surface area contributed by atoms with Gasteiger partial charge >= 0.3 is 0 Å². The maximum atomic E-state index is 9.21. The van der Waals surface area contributed by atoms with E-state index in [2.05, 4.69) is 12.1 Å². The monoisotopic (exact) mass is 224 g/mol. The minimum absolute atomic E-state index is 0.133. The molecule has 3 heteroatoms. The van der Waals surface area contributed by atoms with Crippen molar-refractivity contribution in [3.8, 4) is 0 Å². The normalized spacial score (nSPS) is 12.6. The van der Waals surface area contributed by atoms with E-state index in [9.17, 15) is 5.11 Å². The highest BCUT2D eigenvalue weighted by Crippen LogP contribution is 2.08. The highest BCUT2D eigenvalue weighted by atomic mass is 16.5. The Morgan fingerprint density at radius 3 is 2.50 bits per heavy atom. The molecule has 0 fully saturated rings. The number of rotatable bonds is 8. The minimum atomic E-state index is 0.133. The van der Waals surface area contributed by atoms with Crippen molar-refractivity contribution in [3.63, 3.8) is 0 Å². The molecule has 0 saturated heterocycles. The Morgan fingerprint density at radius 1 is 1.12 bits per heavy atom. The quantitative estimate of drug-likeness (QED) is 0.653. The first-order valence-corrected chi connectivity index (χ1v) is 5.70. The fourth-order valence-corrected chi connectivity index (χ4v) is 1.54. The van der Waals surface area contributed by atoms with Gasteiger partial charge in [0.15, 0.2) is 0 Å². The average Bonchev–Trinajstić information content (AvgIpc) is 2.34. The summed E-state index contributed by atoms with van der Waals surface area (Å²) in [5, 5.41) is 17.8. The zero-order chi connectivity index (χ0) is 11.6.